The van der Waals surface area contributed by atoms with Crippen LogP contribution in [0.4, 0.5) is 0 Å². The largest absolute Gasteiger partial charge is 0.462 e. The first-order valence-corrected chi connectivity index (χ1v) is 32.3. The van der Waals surface area contributed by atoms with Crippen molar-refractivity contribution in [2.24, 2.45) is 0 Å². The van der Waals surface area contributed by atoms with Crippen LogP contribution in [0, 0.1) is 0 Å². The average Bonchev–Trinajstić information content (AvgIpc) is 3.45. The third-order valence-corrected chi connectivity index (χ3v) is 13.3. The van der Waals surface area contributed by atoms with E-state index >= 15 is 0 Å². The molecule has 0 spiro atoms. The molecule has 0 saturated carbocycles. The monoisotopic (exact) mass is 1090 g/mol. The van der Waals surface area contributed by atoms with Gasteiger partial charge >= 0.3 is 17.9 Å². The third kappa shape index (κ3) is 64.0. The van der Waals surface area contributed by atoms with Gasteiger partial charge < -0.3 is 14.2 Å². The van der Waals surface area contributed by atoms with Gasteiger partial charge in [-0.05, 0) is 122 Å². The Hall–Kier alpha value is -4.71. The van der Waals surface area contributed by atoms with E-state index in [1.807, 2.05) is 0 Å². The normalized spacial score (nSPS) is 13.1. The number of hydrogen-bond acceptors (Lipinski definition) is 6. The molecule has 0 aromatic carbocycles. The van der Waals surface area contributed by atoms with E-state index in [0.29, 0.717) is 19.3 Å². The predicted molar refractivity (Wildman–Crippen MR) is 343 cm³/mol. The molecule has 1 unspecified atom stereocenters. The van der Waals surface area contributed by atoms with Gasteiger partial charge in [-0.3, -0.25) is 14.4 Å². The molecule has 0 fully saturated rings. The summed E-state index contributed by atoms with van der Waals surface area (Å²) >= 11 is 0. The Labute approximate surface area is 487 Å². The molecular weight excluding hydrogens is 973 g/mol. The molecule has 6 heteroatoms. The van der Waals surface area contributed by atoms with Gasteiger partial charge in [-0.15, -0.1) is 0 Å². The summed E-state index contributed by atoms with van der Waals surface area (Å²) < 4.78 is 16.9. The summed E-state index contributed by atoms with van der Waals surface area (Å²) in [5.74, 6) is -0.978. The Balaban J connectivity index is 4.47. The van der Waals surface area contributed by atoms with Crippen molar-refractivity contribution in [2.45, 2.75) is 284 Å². The smallest absolute Gasteiger partial charge is 0.306 e. The number of carbonyl (C=O) groups is 3. The van der Waals surface area contributed by atoms with Crippen molar-refractivity contribution in [3.05, 3.63) is 146 Å². The zero-order valence-corrected chi connectivity index (χ0v) is 51.1. The first-order chi connectivity index (χ1) is 39.0. The van der Waals surface area contributed by atoms with E-state index in [1.54, 1.807) is 0 Å². The zero-order valence-electron chi connectivity index (χ0n) is 51.1. The van der Waals surface area contributed by atoms with Crippen LogP contribution in [0.25, 0.3) is 0 Å². The maximum Gasteiger partial charge on any atom is 0.306 e. The van der Waals surface area contributed by atoms with Gasteiger partial charge in [-0.25, -0.2) is 0 Å². The predicted octanol–water partition coefficient (Wildman–Crippen LogP) is 22.3. The van der Waals surface area contributed by atoms with Crippen molar-refractivity contribution in [1.29, 1.82) is 0 Å². The van der Waals surface area contributed by atoms with Crippen LogP contribution in [-0.4, -0.2) is 37.2 Å². The van der Waals surface area contributed by atoms with E-state index in [-0.39, 0.29) is 37.5 Å². The van der Waals surface area contributed by atoms with E-state index in [9.17, 15) is 14.4 Å². The van der Waals surface area contributed by atoms with Crippen LogP contribution < -0.4 is 0 Å². The first-order valence-electron chi connectivity index (χ1n) is 32.3. The van der Waals surface area contributed by atoms with E-state index in [0.717, 1.165) is 128 Å². The van der Waals surface area contributed by atoms with E-state index in [4.69, 9.17) is 14.2 Å². The molecule has 79 heavy (non-hydrogen) atoms. The number of carbonyl (C=O) groups excluding carboxylic acids is 3. The lowest BCUT2D eigenvalue weighted by atomic mass is 10.0. The molecule has 0 radical (unpaired) electrons. The minimum absolute atomic E-state index is 0.104. The molecule has 0 N–H and O–H groups in total. The summed E-state index contributed by atoms with van der Waals surface area (Å²) in [5, 5.41) is 0. The average molecular weight is 1090 g/mol. The molecule has 0 aliphatic rings. The van der Waals surface area contributed by atoms with Crippen LogP contribution in [0.1, 0.15) is 278 Å². The lowest BCUT2D eigenvalue weighted by Gasteiger charge is -2.18. The molecule has 0 aliphatic carbocycles. The van der Waals surface area contributed by atoms with Crippen LogP contribution in [0.2, 0.25) is 0 Å². The SMILES string of the molecule is CC/C=C\C/C=C\C/C=C\C/C=C\C/C=C\C/C=C\C/C=C\C/C=C\C/C=C\CCCC(=O)OCC(COC(=O)CCCCCCCCCCCCCCC)OC(=O)CCCCCCCC/C=C\C/C=C\C/C=C\CCCCC. The minimum Gasteiger partial charge on any atom is -0.462 e. The summed E-state index contributed by atoms with van der Waals surface area (Å²) in [7, 11) is 0. The second-order valence-corrected chi connectivity index (χ2v) is 20.9. The van der Waals surface area contributed by atoms with E-state index < -0.39 is 6.10 Å². The van der Waals surface area contributed by atoms with Crippen molar-refractivity contribution in [1.82, 2.24) is 0 Å². The number of esters is 3. The highest BCUT2D eigenvalue weighted by molar-refractivity contribution is 5.71. The van der Waals surface area contributed by atoms with Crippen LogP contribution in [0.15, 0.2) is 146 Å². The second kappa shape index (κ2) is 65.8. The lowest BCUT2D eigenvalue weighted by Crippen LogP contribution is -2.30. The lowest BCUT2D eigenvalue weighted by molar-refractivity contribution is -0.167. The number of rotatable bonds is 57. The van der Waals surface area contributed by atoms with Crippen molar-refractivity contribution >= 4 is 17.9 Å². The number of ether oxygens (including phenoxy) is 3. The first kappa shape index (κ1) is 74.3. The maximum atomic E-state index is 12.9. The van der Waals surface area contributed by atoms with Gasteiger partial charge in [0.15, 0.2) is 6.10 Å². The van der Waals surface area contributed by atoms with E-state index in [1.165, 1.54) is 103 Å². The van der Waals surface area contributed by atoms with Gasteiger partial charge in [-0.2, -0.15) is 0 Å². The van der Waals surface area contributed by atoms with Gasteiger partial charge in [0.2, 0.25) is 0 Å². The van der Waals surface area contributed by atoms with Gasteiger partial charge in [0.25, 0.3) is 0 Å². The summed E-state index contributed by atoms with van der Waals surface area (Å²) in [6, 6.07) is 0. The molecule has 446 valence electrons. The summed E-state index contributed by atoms with van der Waals surface area (Å²) in [6.07, 6.45) is 94.2. The van der Waals surface area contributed by atoms with Crippen LogP contribution >= 0.6 is 0 Å². The summed E-state index contributed by atoms with van der Waals surface area (Å²) in [4.78, 5) is 38.3. The Morgan fingerprint density at radius 2 is 0.506 bits per heavy atom. The molecule has 0 bridgehead atoms. The fourth-order valence-electron chi connectivity index (χ4n) is 8.51. The number of allylic oxidation sites excluding steroid dienone is 24. The fraction of sp³-hybridized carbons (Fsp3) is 0.630. The molecule has 0 saturated heterocycles. The quantitative estimate of drug-likeness (QED) is 0.0261. The molecule has 0 rings (SSSR count). The molecule has 6 nitrogen and oxygen atoms in total. The Morgan fingerprint density at radius 1 is 0.266 bits per heavy atom. The highest BCUT2D eigenvalue weighted by Crippen LogP contribution is 2.15. The van der Waals surface area contributed by atoms with Gasteiger partial charge in [0.1, 0.15) is 13.2 Å². The van der Waals surface area contributed by atoms with Crippen LogP contribution in [0.5, 0.6) is 0 Å². The molecule has 1 atom stereocenters. The summed E-state index contributed by atoms with van der Waals surface area (Å²) in [5.41, 5.74) is 0. The van der Waals surface area contributed by atoms with Crippen molar-refractivity contribution in [3.8, 4) is 0 Å². The molecule has 0 amide bonds. The van der Waals surface area contributed by atoms with E-state index in [2.05, 4.69) is 167 Å². The standard InChI is InChI=1S/C73H118O6/c1-4-7-10-13-16-19-22-25-27-29-31-32-33-34-35-36-37-38-39-40-42-43-45-48-51-54-57-60-63-66-72(75)78-69-70(68-77-71(74)65-62-59-56-53-50-47-24-21-18-15-12-9-6-3)79-73(76)67-64-61-58-55-52-49-46-44-41-30-28-26-23-20-17-14-11-8-5-2/h7,10,16-17,19-20,25-28,31-32,34-35,37-38,40-42,44-45,48,54,57,70H,4-6,8-9,11-15,18,21-24,29-30,33,36,39,43,46-47,49-53,55-56,58-69H2,1-3H3/b10-7-,19-16-,20-17-,27-25-,28-26-,32-31-,35-34-,38-37-,42-40-,44-41-,48-45-,57-54-. The molecule has 0 heterocycles. The van der Waals surface area contributed by atoms with Crippen LogP contribution in [-0.2, 0) is 28.6 Å². The summed E-state index contributed by atoms with van der Waals surface area (Å²) in [6.45, 7) is 6.44. The maximum absolute atomic E-state index is 12.9. The highest BCUT2D eigenvalue weighted by Gasteiger charge is 2.19. The number of hydrogen-bond donors (Lipinski definition) is 0. The molecule has 0 aliphatic heterocycles. The van der Waals surface area contributed by atoms with Gasteiger partial charge in [0, 0.05) is 19.3 Å². The second-order valence-electron chi connectivity index (χ2n) is 20.9. The topological polar surface area (TPSA) is 78.9 Å². The Kier molecular flexibility index (Phi) is 61.9. The van der Waals surface area contributed by atoms with Crippen LogP contribution in [0.3, 0.4) is 0 Å². The van der Waals surface area contributed by atoms with Gasteiger partial charge in [-0.1, -0.05) is 282 Å². The van der Waals surface area contributed by atoms with Crippen molar-refractivity contribution in [2.75, 3.05) is 13.2 Å². The fourth-order valence-corrected chi connectivity index (χ4v) is 8.51. The highest BCUT2D eigenvalue weighted by atomic mass is 16.6. The minimum atomic E-state index is -0.814. The zero-order chi connectivity index (χ0) is 57.1. The van der Waals surface area contributed by atoms with Crippen molar-refractivity contribution < 1.29 is 28.6 Å². The van der Waals surface area contributed by atoms with Gasteiger partial charge in [0.05, 0.1) is 0 Å². The Morgan fingerprint density at radius 3 is 0.848 bits per heavy atom. The molecule has 0 aromatic rings. The Bertz CT molecular complexity index is 1730. The molecule has 0 aromatic heterocycles. The third-order valence-electron chi connectivity index (χ3n) is 13.3. The molecular formula is C73H118O6. The number of unbranched alkanes of at least 4 members (excludes halogenated alkanes) is 22. The van der Waals surface area contributed by atoms with Crippen molar-refractivity contribution in [3.63, 3.8) is 0 Å².